The molecule has 0 bridgehead atoms. The van der Waals surface area contributed by atoms with Gasteiger partial charge in [-0.2, -0.15) is 4.72 Å². The van der Waals surface area contributed by atoms with Crippen LogP contribution in [0.25, 0.3) is 0 Å². The Bertz CT molecular complexity index is 849. The summed E-state index contributed by atoms with van der Waals surface area (Å²) < 4.78 is 26.8. The van der Waals surface area contributed by atoms with Gasteiger partial charge in [0.15, 0.2) is 0 Å². The highest BCUT2D eigenvalue weighted by atomic mass is 32.2. The van der Waals surface area contributed by atoms with E-state index in [9.17, 15) is 18.0 Å². The fourth-order valence-electron chi connectivity index (χ4n) is 2.04. The largest absolute Gasteiger partial charge is 0.326 e. The molecule has 3 N–H and O–H groups in total. The van der Waals surface area contributed by atoms with Crippen molar-refractivity contribution in [2.75, 3.05) is 10.6 Å². The molecule has 0 heterocycles. The van der Waals surface area contributed by atoms with Gasteiger partial charge >= 0.3 is 0 Å². The normalized spacial score (nSPS) is 12.2. The standard InChI is InChI=1S/C17H19N3O4S/c1-12(20-25(23,24)16-6-4-3-5-7-16)17(22)19-15-10-8-14(9-11-15)18-13(2)21/h3-12,20H,1-2H3,(H,18,21)(H,19,22)/t12-/m1/s1. The van der Waals surface area contributed by atoms with Crippen LogP contribution in [0.5, 0.6) is 0 Å². The first kappa shape index (κ1) is 18.6. The van der Waals surface area contributed by atoms with Crippen molar-refractivity contribution in [3.8, 4) is 0 Å². The van der Waals surface area contributed by atoms with Crippen LogP contribution in [0.4, 0.5) is 11.4 Å². The van der Waals surface area contributed by atoms with Crippen molar-refractivity contribution in [3.63, 3.8) is 0 Å². The number of carbonyl (C=O) groups excluding carboxylic acids is 2. The lowest BCUT2D eigenvalue weighted by Gasteiger charge is -2.14. The van der Waals surface area contributed by atoms with Crippen molar-refractivity contribution in [2.45, 2.75) is 24.8 Å². The minimum absolute atomic E-state index is 0.0920. The molecule has 1 atom stereocenters. The summed E-state index contributed by atoms with van der Waals surface area (Å²) in [6, 6.07) is 13.4. The molecule has 25 heavy (non-hydrogen) atoms. The van der Waals surface area contributed by atoms with Crippen LogP contribution in [0.2, 0.25) is 0 Å². The maximum Gasteiger partial charge on any atom is 0.242 e. The minimum atomic E-state index is -3.78. The summed E-state index contributed by atoms with van der Waals surface area (Å²) in [7, 11) is -3.78. The van der Waals surface area contributed by atoms with Gasteiger partial charge in [-0.05, 0) is 43.3 Å². The Kier molecular flexibility index (Phi) is 5.89. The summed E-state index contributed by atoms with van der Waals surface area (Å²) in [6.45, 7) is 2.86. The molecule has 0 radical (unpaired) electrons. The Morgan fingerprint density at radius 3 is 1.92 bits per heavy atom. The van der Waals surface area contributed by atoms with E-state index >= 15 is 0 Å². The molecule has 2 aromatic rings. The van der Waals surface area contributed by atoms with Crippen molar-refractivity contribution in [1.82, 2.24) is 4.72 Å². The summed E-state index contributed by atoms with van der Waals surface area (Å²) in [5, 5.41) is 5.23. The smallest absolute Gasteiger partial charge is 0.242 e. The van der Waals surface area contributed by atoms with Crippen LogP contribution in [0.15, 0.2) is 59.5 Å². The Morgan fingerprint density at radius 1 is 0.880 bits per heavy atom. The Hall–Kier alpha value is -2.71. The Morgan fingerprint density at radius 2 is 1.40 bits per heavy atom. The van der Waals surface area contributed by atoms with Gasteiger partial charge in [-0.15, -0.1) is 0 Å². The van der Waals surface area contributed by atoms with Crippen molar-refractivity contribution in [2.24, 2.45) is 0 Å². The first-order valence-corrected chi connectivity index (χ1v) is 9.02. The molecule has 0 aliphatic rings. The number of hydrogen-bond acceptors (Lipinski definition) is 4. The number of rotatable bonds is 6. The van der Waals surface area contributed by atoms with E-state index in [1.165, 1.54) is 26.0 Å². The van der Waals surface area contributed by atoms with Gasteiger partial charge in [0.25, 0.3) is 0 Å². The predicted molar refractivity (Wildman–Crippen MR) is 95.6 cm³/mol. The number of nitrogens with one attached hydrogen (secondary N) is 3. The predicted octanol–water partition coefficient (Wildman–Crippen LogP) is 1.95. The second kappa shape index (κ2) is 7.91. The lowest BCUT2D eigenvalue weighted by Crippen LogP contribution is -2.41. The molecule has 2 aromatic carbocycles. The molecule has 132 valence electrons. The zero-order chi connectivity index (χ0) is 18.4. The Labute approximate surface area is 146 Å². The number of benzene rings is 2. The first-order chi connectivity index (χ1) is 11.8. The third-order valence-corrected chi connectivity index (χ3v) is 4.81. The lowest BCUT2D eigenvalue weighted by atomic mass is 10.2. The molecule has 0 aliphatic heterocycles. The number of hydrogen-bond donors (Lipinski definition) is 3. The number of anilines is 2. The molecule has 0 spiro atoms. The van der Waals surface area contributed by atoms with Crippen LogP contribution in [0.3, 0.4) is 0 Å². The van der Waals surface area contributed by atoms with Crippen LogP contribution < -0.4 is 15.4 Å². The quantitative estimate of drug-likeness (QED) is 0.731. The molecule has 2 amide bonds. The van der Waals surface area contributed by atoms with Gasteiger partial charge in [0.05, 0.1) is 10.9 Å². The monoisotopic (exact) mass is 361 g/mol. The number of sulfonamides is 1. The molecule has 0 unspecified atom stereocenters. The SMILES string of the molecule is CC(=O)Nc1ccc(NC(=O)[C@@H](C)NS(=O)(=O)c2ccccc2)cc1. The Balaban J connectivity index is 1.99. The third-order valence-electron chi connectivity index (χ3n) is 3.25. The van der Waals surface area contributed by atoms with Gasteiger partial charge in [-0.25, -0.2) is 8.42 Å². The number of carbonyl (C=O) groups is 2. The first-order valence-electron chi connectivity index (χ1n) is 7.54. The summed E-state index contributed by atoms with van der Waals surface area (Å²) >= 11 is 0. The van der Waals surface area contributed by atoms with Crippen LogP contribution in [0, 0.1) is 0 Å². The molecule has 7 nitrogen and oxygen atoms in total. The van der Waals surface area contributed by atoms with Gasteiger partial charge < -0.3 is 10.6 Å². The van der Waals surface area contributed by atoms with E-state index in [1.54, 1.807) is 42.5 Å². The molecule has 0 saturated heterocycles. The maximum absolute atomic E-state index is 12.2. The summed E-state index contributed by atoms with van der Waals surface area (Å²) in [6.07, 6.45) is 0. The van der Waals surface area contributed by atoms with Gasteiger partial charge in [0.1, 0.15) is 0 Å². The third kappa shape index (κ3) is 5.40. The molecule has 8 heteroatoms. The topological polar surface area (TPSA) is 104 Å². The average Bonchev–Trinajstić information content (AvgIpc) is 2.56. The van der Waals surface area contributed by atoms with Gasteiger partial charge in [-0.3, -0.25) is 9.59 Å². The lowest BCUT2D eigenvalue weighted by molar-refractivity contribution is -0.117. The fraction of sp³-hybridized carbons (Fsp3) is 0.176. The van der Waals surface area contributed by atoms with Crippen LogP contribution in [-0.4, -0.2) is 26.3 Å². The van der Waals surface area contributed by atoms with Gasteiger partial charge in [0.2, 0.25) is 21.8 Å². The highest BCUT2D eigenvalue weighted by Crippen LogP contribution is 2.14. The zero-order valence-electron chi connectivity index (χ0n) is 13.8. The second-order valence-corrected chi connectivity index (χ2v) is 7.12. The van der Waals surface area contributed by atoms with Gasteiger partial charge in [-0.1, -0.05) is 18.2 Å². The molecule has 0 saturated carbocycles. The second-order valence-electron chi connectivity index (χ2n) is 5.40. The van der Waals surface area contributed by atoms with E-state index < -0.39 is 22.0 Å². The van der Waals surface area contributed by atoms with E-state index in [0.29, 0.717) is 11.4 Å². The van der Waals surface area contributed by atoms with Crippen LogP contribution in [0.1, 0.15) is 13.8 Å². The fourth-order valence-corrected chi connectivity index (χ4v) is 3.27. The van der Waals surface area contributed by atoms with E-state index in [1.807, 2.05) is 0 Å². The maximum atomic E-state index is 12.2. The highest BCUT2D eigenvalue weighted by molar-refractivity contribution is 7.89. The van der Waals surface area contributed by atoms with E-state index in [4.69, 9.17) is 0 Å². The molecule has 0 fully saturated rings. The van der Waals surface area contributed by atoms with Crippen LogP contribution >= 0.6 is 0 Å². The molecular weight excluding hydrogens is 342 g/mol. The van der Waals surface area contributed by atoms with Crippen molar-refractivity contribution >= 4 is 33.2 Å². The molecular formula is C17H19N3O4S. The zero-order valence-corrected chi connectivity index (χ0v) is 14.6. The van der Waals surface area contributed by atoms with Crippen molar-refractivity contribution in [1.29, 1.82) is 0 Å². The highest BCUT2D eigenvalue weighted by Gasteiger charge is 2.21. The van der Waals surface area contributed by atoms with E-state index in [2.05, 4.69) is 15.4 Å². The van der Waals surface area contributed by atoms with Crippen molar-refractivity contribution < 1.29 is 18.0 Å². The van der Waals surface area contributed by atoms with E-state index in [0.717, 1.165) is 0 Å². The summed E-state index contributed by atoms with van der Waals surface area (Å²) in [5.41, 5.74) is 1.09. The summed E-state index contributed by atoms with van der Waals surface area (Å²) in [4.78, 5) is 23.2. The molecule has 2 rings (SSSR count). The minimum Gasteiger partial charge on any atom is -0.326 e. The van der Waals surface area contributed by atoms with E-state index in [-0.39, 0.29) is 10.8 Å². The summed E-state index contributed by atoms with van der Waals surface area (Å²) in [5.74, 6) is -0.687. The van der Waals surface area contributed by atoms with Crippen molar-refractivity contribution in [3.05, 3.63) is 54.6 Å². The number of amides is 2. The molecule has 0 aromatic heterocycles. The van der Waals surface area contributed by atoms with Gasteiger partial charge in [0, 0.05) is 18.3 Å². The molecule has 0 aliphatic carbocycles. The average molecular weight is 361 g/mol. The van der Waals surface area contributed by atoms with Crippen LogP contribution in [-0.2, 0) is 19.6 Å².